The lowest BCUT2D eigenvalue weighted by Crippen LogP contribution is -2.54. The van der Waals surface area contributed by atoms with Crippen LogP contribution >= 0.6 is 11.6 Å². The second-order valence-corrected chi connectivity index (χ2v) is 12.5. The molecule has 0 bridgehead atoms. The van der Waals surface area contributed by atoms with E-state index in [1.54, 1.807) is 73.7 Å². The van der Waals surface area contributed by atoms with Crippen LogP contribution < -0.4 is 14.4 Å². The van der Waals surface area contributed by atoms with E-state index in [-0.39, 0.29) is 17.3 Å². The molecule has 0 saturated carbocycles. The van der Waals surface area contributed by atoms with E-state index in [1.165, 1.54) is 17.0 Å². The van der Waals surface area contributed by atoms with Gasteiger partial charge in [-0.3, -0.25) is 13.9 Å². The van der Waals surface area contributed by atoms with Crippen molar-refractivity contribution < 1.29 is 22.7 Å². The SMILES string of the molecule is CCOc1ccc(S(=O)(=O)N(CC(=O)N(Cc2ccccc2Cl)[C@H](C)C(=O)NC(C)(C)C)c2ccccc2)cc1. The summed E-state index contributed by atoms with van der Waals surface area (Å²) >= 11 is 6.40. The van der Waals surface area contributed by atoms with Crippen LogP contribution in [-0.2, 0) is 26.2 Å². The van der Waals surface area contributed by atoms with Crippen LogP contribution in [0.3, 0.4) is 0 Å². The normalized spacial score (nSPS) is 12.3. The molecule has 1 N–H and O–H groups in total. The molecule has 0 saturated heterocycles. The molecule has 8 nitrogen and oxygen atoms in total. The van der Waals surface area contributed by atoms with Crippen molar-refractivity contribution in [2.75, 3.05) is 17.5 Å². The van der Waals surface area contributed by atoms with Crippen LogP contribution in [0.5, 0.6) is 5.75 Å². The van der Waals surface area contributed by atoms with Gasteiger partial charge in [0.1, 0.15) is 18.3 Å². The lowest BCUT2D eigenvalue weighted by Gasteiger charge is -2.33. The number of halogens is 1. The summed E-state index contributed by atoms with van der Waals surface area (Å²) in [4.78, 5) is 28.5. The molecule has 3 rings (SSSR count). The number of sulfonamides is 1. The zero-order chi connectivity index (χ0) is 29.5. The number of nitrogens with one attached hydrogen (secondary N) is 1. The lowest BCUT2D eigenvalue weighted by molar-refractivity contribution is -0.140. The molecule has 0 aromatic heterocycles. The first-order valence-electron chi connectivity index (χ1n) is 13.0. The number of carbonyl (C=O) groups is 2. The fourth-order valence-corrected chi connectivity index (χ4v) is 5.60. The fraction of sp³-hybridized carbons (Fsp3) is 0.333. The average Bonchev–Trinajstić information content (AvgIpc) is 2.90. The van der Waals surface area contributed by atoms with Crippen LogP contribution in [0.15, 0.2) is 83.8 Å². The molecule has 0 aliphatic rings. The van der Waals surface area contributed by atoms with Gasteiger partial charge in [0, 0.05) is 17.1 Å². The van der Waals surface area contributed by atoms with Crippen molar-refractivity contribution in [2.24, 2.45) is 0 Å². The summed E-state index contributed by atoms with van der Waals surface area (Å²) in [6.07, 6.45) is 0. The van der Waals surface area contributed by atoms with Gasteiger partial charge in [-0.1, -0.05) is 48.0 Å². The molecule has 2 amide bonds. The van der Waals surface area contributed by atoms with Crippen molar-refractivity contribution in [3.8, 4) is 5.75 Å². The second kappa shape index (κ2) is 13.2. The molecular weight excluding hydrogens is 550 g/mol. The highest BCUT2D eigenvalue weighted by molar-refractivity contribution is 7.92. The maximum Gasteiger partial charge on any atom is 0.264 e. The van der Waals surface area contributed by atoms with Gasteiger partial charge in [0.2, 0.25) is 11.8 Å². The molecule has 1 atom stereocenters. The minimum atomic E-state index is -4.17. The minimum Gasteiger partial charge on any atom is -0.494 e. The zero-order valence-electron chi connectivity index (χ0n) is 23.4. The number of amides is 2. The Morgan fingerprint density at radius 3 is 2.12 bits per heavy atom. The predicted molar refractivity (Wildman–Crippen MR) is 158 cm³/mol. The molecule has 0 spiro atoms. The number of para-hydroxylation sites is 1. The van der Waals surface area contributed by atoms with Gasteiger partial charge >= 0.3 is 0 Å². The van der Waals surface area contributed by atoms with Gasteiger partial charge in [-0.2, -0.15) is 0 Å². The first-order valence-corrected chi connectivity index (χ1v) is 14.8. The Morgan fingerprint density at radius 2 is 1.55 bits per heavy atom. The highest BCUT2D eigenvalue weighted by Crippen LogP contribution is 2.26. The lowest BCUT2D eigenvalue weighted by atomic mass is 10.1. The summed E-state index contributed by atoms with van der Waals surface area (Å²) in [6.45, 7) is 8.92. The van der Waals surface area contributed by atoms with Crippen LogP contribution in [0.1, 0.15) is 40.2 Å². The number of hydrogen-bond donors (Lipinski definition) is 1. The summed E-state index contributed by atoms with van der Waals surface area (Å²) < 4.78 is 34.3. The topological polar surface area (TPSA) is 96.0 Å². The van der Waals surface area contributed by atoms with Crippen molar-refractivity contribution in [2.45, 2.75) is 57.6 Å². The van der Waals surface area contributed by atoms with Crippen molar-refractivity contribution >= 4 is 39.1 Å². The van der Waals surface area contributed by atoms with Gasteiger partial charge in [0.05, 0.1) is 17.2 Å². The van der Waals surface area contributed by atoms with Gasteiger partial charge in [-0.25, -0.2) is 8.42 Å². The molecular formula is C30H36ClN3O5S. The maximum absolute atomic E-state index is 13.9. The molecule has 0 heterocycles. The van der Waals surface area contributed by atoms with E-state index in [0.29, 0.717) is 28.6 Å². The Labute approximate surface area is 241 Å². The Balaban J connectivity index is 2.01. The molecule has 0 aliphatic heterocycles. The third-order valence-corrected chi connectivity index (χ3v) is 8.17. The molecule has 0 aliphatic carbocycles. The van der Waals surface area contributed by atoms with Crippen LogP contribution in [0.25, 0.3) is 0 Å². The smallest absolute Gasteiger partial charge is 0.264 e. The van der Waals surface area contributed by atoms with E-state index in [4.69, 9.17) is 16.3 Å². The molecule has 214 valence electrons. The van der Waals surface area contributed by atoms with E-state index < -0.39 is 34.1 Å². The van der Waals surface area contributed by atoms with Crippen molar-refractivity contribution in [3.63, 3.8) is 0 Å². The third-order valence-electron chi connectivity index (χ3n) is 6.01. The first kappa shape index (κ1) is 31.0. The molecule has 0 unspecified atom stereocenters. The van der Waals surface area contributed by atoms with Crippen molar-refractivity contribution in [1.29, 1.82) is 0 Å². The van der Waals surface area contributed by atoms with Gasteiger partial charge in [0.15, 0.2) is 0 Å². The quantitative estimate of drug-likeness (QED) is 0.331. The van der Waals surface area contributed by atoms with Crippen LogP contribution in [-0.4, -0.2) is 49.9 Å². The first-order chi connectivity index (χ1) is 18.8. The Hall–Kier alpha value is -3.56. The van der Waals surface area contributed by atoms with Crippen LogP contribution in [0, 0.1) is 0 Å². The standard InChI is InChI=1S/C30H36ClN3O5S/c1-6-39-25-16-18-26(19-17-25)40(37,38)34(24-13-8-7-9-14-24)21-28(35)33(20-23-12-10-11-15-27(23)31)22(2)29(36)32-30(3,4)5/h7-19,22H,6,20-21H2,1-5H3,(H,32,36)/t22-/m1/s1. The Morgan fingerprint density at radius 1 is 0.950 bits per heavy atom. The number of hydrogen-bond acceptors (Lipinski definition) is 5. The monoisotopic (exact) mass is 585 g/mol. The third kappa shape index (κ3) is 7.99. The van der Waals surface area contributed by atoms with Gasteiger partial charge in [0.25, 0.3) is 10.0 Å². The number of rotatable bonds is 11. The van der Waals surface area contributed by atoms with Gasteiger partial charge in [-0.15, -0.1) is 0 Å². The number of benzene rings is 3. The summed E-state index contributed by atoms with van der Waals surface area (Å²) in [5.74, 6) is -0.392. The largest absolute Gasteiger partial charge is 0.494 e. The molecule has 0 fully saturated rings. The molecule has 10 heteroatoms. The van der Waals surface area contributed by atoms with Crippen molar-refractivity contribution in [1.82, 2.24) is 10.2 Å². The molecule has 3 aromatic carbocycles. The van der Waals surface area contributed by atoms with Gasteiger partial charge < -0.3 is 15.0 Å². The van der Waals surface area contributed by atoms with E-state index in [1.807, 2.05) is 27.7 Å². The van der Waals surface area contributed by atoms with Crippen molar-refractivity contribution in [3.05, 3.63) is 89.4 Å². The Kier molecular flexibility index (Phi) is 10.2. The van der Waals surface area contributed by atoms with E-state index >= 15 is 0 Å². The van der Waals surface area contributed by atoms with Gasteiger partial charge in [-0.05, 0) is 82.6 Å². The van der Waals surface area contributed by atoms with E-state index in [9.17, 15) is 18.0 Å². The number of anilines is 1. The highest BCUT2D eigenvalue weighted by Gasteiger charge is 2.33. The maximum atomic E-state index is 13.9. The zero-order valence-corrected chi connectivity index (χ0v) is 25.0. The number of ether oxygens (including phenoxy) is 1. The second-order valence-electron chi connectivity index (χ2n) is 10.3. The van der Waals surface area contributed by atoms with E-state index in [2.05, 4.69) is 5.32 Å². The summed E-state index contributed by atoms with van der Waals surface area (Å²) in [6, 6.07) is 20.5. The number of nitrogens with zero attached hydrogens (tertiary/aromatic N) is 2. The molecule has 40 heavy (non-hydrogen) atoms. The molecule has 3 aromatic rings. The summed E-state index contributed by atoms with van der Waals surface area (Å²) in [5.41, 5.74) is 0.417. The van der Waals surface area contributed by atoms with E-state index in [0.717, 1.165) is 4.31 Å². The highest BCUT2D eigenvalue weighted by atomic mass is 35.5. The molecule has 0 radical (unpaired) electrons. The minimum absolute atomic E-state index is 0.00350. The van der Waals surface area contributed by atoms with Crippen LogP contribution in [0.4, 0.5) is 5.69 Å². The fourth-order valence-electron chi connectivity index (χ4n) is 3.99. The average molecular weight is 586 g/mol. The summed E-state index contributed by atoms with van der Waals surface area (Å²) in [5, 5.41) is 3.34. The number of carbonyl (C=O) groups excluding carboxylic acids is 2. The summed E-state index contributed by atoms with van der Waals surface area (Å²) in [7, 11) is -4.17. The Bertz CT molecular complexity index is 1410. The van der Waals surface area contributed by atoms with Crippen LogP contribution in [0.2, 0.25) is 5.02 Å². The predicted octanol–water partition coefficient (Wildman–Crippen LogP) is 5.27.